The summed E-state index contributed by atoms with van der Waals surface area (Å²) in [7, 11) is 0. The van der Waals surface area contributed by atoms with Gasteiger partial charge in [-0.3, -0.25) is 4.79 Å². The summed E-state index contributed by atoms with van der Waals surface area (Å²) < 4.78 is 0. The van der Waals surface area contributed by atoms with E-state index < -0.39 is 0 Å². The fraction of sp³-hybridized carbons (Fsp3) is 0.909. The normalized spacial score (nSPS) is 22.8. The largest absolute Gasteiger partial charge is 0.353 e. The molecule has 0 aliphatic carbocycles. The van der Waals surface area contributed by atoms with Gasteiger partial charge in [0, 0.05) is 35.1 Å². The molecule has 0 spiro atoms. The molecule has 94 valence electrons. The molecular weight excluding hydrogens is 240 g/mol. The van der Waals surface area contributed by atoms with E-state index in [1.807, 2.05) is 30.4 Å². The number of thioether (sulfide) groups is 2. The number of carbonyl (C=O) groups is 1. The minimum atomic E-state index is 0.114. The van der Waals surface area contributed by atoms with Crippen LogP contribution in [0.4, 0.5) is 0 Å². The monoisotopic (exact) mass is 262 g/mol. The van der Waals surface area contributed by atoms with E-state index in [4.69, 9.17) is 0 Å². The molecule has 1 saturated heterocycles. The average Bonchev–Trinajstić information content (AvgIpc) is 2.30. The van der Waals surface area contributed by atoms with Gasteiger partial charge in [0.2, 0.25) is 5.91 Å². The van der Waals surface area contributed by atoms with Gasteiger partial charge in [-0.15, -0.1) is 0 Å². The highest BCUT2D eigenvalue weighted by atomic mass is 32.2. The van der Waals surface area contributed by atoms with Crippen molar-refractivity contribution in [1.82, 2.24) is 10.6 Å². The highest BCUT2D eigenvalue weighted by Crippen LogP contribution is 2.23. The molecule has 3 nitrogen and oxygen atoms in total. The van der Waals surface area contributed by atoms with Crippen molar-refractivity contribution in [1.29, 1.82) is 0 Å². The predicted molar refractivity (Wildman–Crippen MR) is 74.3 cm³/mol. The third kappa shape index (κ3) is 6.01. The van der Waals surface area contributed by atoms with Crippen LogP contribution in [0, 0.1) is 0 Å². The zero-order valence-corrected chi connectivity index (χ0v) is 11.8. The molecule has 16 heavy (non-hydrogen) atoms. The topological polar surface area (TPSA) is 41.1 Å². The third-order valence-corrected chi connectivity index (χ3v) is 5.41. The smallest absolute Gasteiger partial charge is 0.234 e. The van der Waals surface area contributed by atoms with Gasteiger partial charge < -0.3 is 10.6 Å². The average molecular weight is 262 g/mol. The summed E-state index contributed by atoms with van der Waals surface area (Å²) in [6.07, 6.45) is 0.987. The summed E-state index contributed by atoms with van der Waals surface area (Å²) in [4.78, 5) is 11.5. The molecule has 0 aromatic heterocycles. The summed E-state index contributed by atoms with van der Waals surface area (Å²) in [5.74, 6) is 3.85. The van der Waals surface area contributed by atoms with E-state index in [-0.39, 0.29) is 11.9 Å². The second kappa shape index (κ2) is 8.25. The van der Waals surface area contributed by atoms with E-state index in [1.165, 1.54) is 17.3 Å². The molecule has 2 atom stereocenters. The van der Waals surface area contributed by atoms with E-state index in [0.717, 1.165) is 13.0 Å². The first-order chi connectivity index (χ1) is 7.72. The number of rotatable bonds is 6. The molecule has 1 heterocycles. The van der Waals surface area contributed by atoms with Gasteiger partial charge in [-0.2, -0.15) is 23.5 Å². The molecule has 2 unspecified atom stereocenters. The van der Waals surface area contributed by atoms with Crippen LogP contribution in [0.1, 0.15) is 20.3 Å². The summed E-state index contributed by atoms with van der Waals surface area (Å²) in [6.45, 7) is 5.51. The highest BCUT2D eigenvalue weighted by Gasteiger charge is 2.14. The summed E-state index contributed by atoms with van der Waals surface area (Å²) in [5.41, 5.74) is 0. The van der Waals surface area contributed by atoms with Crippen LogP contribution in [0.25, 0.3) is 0 Å². The van der Waals surface area contributed by atoms with E-state index in [2.05, 4.69) is 17.6 Å². The van der Waals surface area contributed by atoms with Crippen molar-refractivity contribution in [2.24, 2.45) is 0 Å². The number of carbonyl (C=O) groups excluding carboxylic acids is 1. The first kappa shape index (κ1) is 14.2. The van der Waals surface area contributed by atoms with E-state index in [1.54, 1.807) is 0 Å². The van der Waals surface area contributed by atoms with Crippen LogP contribution in [-0.2, 0) is 4.79 Å². The molecule has 0 saturated carbocycles. The summed E-state index contributed by atoms with van der Waals surface area (Å²) >= 11 is 4.03. The van der Waals surface area contributed by atoms with E-state index >= 15 is 0 Å². The van der Waals surface area contributed by atoms with Gasteiger partial charge in [0.1, 0.15) is 0 Å². The van der Waals surface area contributed by atoms with Crippen molar-refractivity contribution in [3.8, 4) is 0 Å². The van der Waals surface area contributed by atoms with Crippen molar-refractivity contribution < 1.29 is 4.79 Å². The van der Waals surface area contributed by atoms with Crippen molar-refractivity contribution in [2.45, 2.75) is 31.6 Å². The van der Waals surface area contributed by atoms with Gasteiger partial charge in [0.15, 0.2) is 0 Å². The Hall–Kier alpha value is 0.130. The Kier molecular flexibility index (Phi) is 7.32. The Balaban J connectivity index is 2.03. The fourth-order valence-corrected chi connectivity index (χ4v) is 4.08. The maximum atomic E-state index is 11.5. The lowest BCUT2D eigenvalue weighted by Crippen LogP contribution is -2.41. The van der Waals surface area contributed by atoms with Gasteiger partial charge in [-0.1, -0.05) is 6.92 Å². The molecule has 1 aliphatic rings. The molecule has 2 N–H and O–H groups in total. The lowest BCUT2D eigenvalue weighted by molar-refractivity contribution is -0.120. The van der Waals surface area contributed by atoms with Crippen LogP contribution in [0.3, 0.4) is 0 Å². The van der Waals surface area contributed by atoms with Crippen LogP contribution in [0.15, 0.2) is 0 Å². The van der Waals surface area contributed by atoms with Crippen LogP contribution in [0.2, 0.25) is 0 Å². The first-order valence-electron chi connectivity index (χ1n) is 5.91. The molecule has 0 bridgehead atoms. The highest BCUT2D eigenvalue weighted by molar-refractivity contribution is 8.06. The molecule has 0 aromatic rings. The fourth-order valence-electron chi connectivity index (χ4n) is 1.43. The summed E-state index contributed by atoms with van der Waals surface area (Å²) in [5, 5.41) is 6.87. The van der Waals surface area contributed by atoms with Gasteiger partial charge >= 0.3 is 0 Å². The van der Waals surface area contributed by atoms with Crippen molar-refractivity contribution in [2.75, 3.05) is 30.3 Å². The molecule has 1 fully saturated rings. The Morgan fingerprint density at radius 3 is 2.94 bits per heavy atom. The van der Waals surface area contributed by atoms with Gasteiger partial charge in [-0.05, 0) is 13.3 Å². The second-order valence-corrected chi connectivity index (χ2v) is 6.63. The molecule has 1 amide bonds. The predicted octanol–water partition coefficient (Wildman–Crippen LogP) is 1.34. The number of amides is 1. The Labute approximate surface area is 107 Å². The summed E-state index contributed by atoms with van der Waals surface area (Å²) in [6, 6.07) is 0.286. The Morgan fingerprint density at radius 2 is 2.31 bits per heavy atom. The second-order valence-electron chi connectivity index (χ2n) is 4.08. The Bertz CT molecular complexity index is 208. The van der Waals surface area contributed by atoms with E-state index in [9.17, 15) is 4.79 Å². The zero-order valence-electron chi connectivity index (χ0n) is 10.1. The third-order valence-electron chi connectivity index (χ3n) is 2.56. The molecular formula is C11H22N2OS2. The van der Waals surface area contributed by atoms with Crippen molar-refractivity contribution >= 4 is 29.4 Å². The quantitative estimate of drug-likeness (QED) is 0.758. The maximum absolute atomic E-state index is 11.5. The number of nitrogens with one attached hydrogen (secondary N) is 2. The Morgan fingerprint density at radius 1 is 1.50 bits per heavy atom. The van der Waals surface area contributed by atoms with Crippen molar-refractivity contribution in [3.63, 3.8) is 0 Å². The standard InChI is InChI=1S/C11H22N2OS2/c1-3-9(2)13-11(14)7-12-6-10-8-15-4-5-16-10/h9-10,12H,3-8H2,1-2H3,(H,13,14). The minimum absolute atomic E-state index is 0.114. The number of hydrogen-bond donors (Lipinski definition) is 2. The van der Waals surface area contributed by atoms with Crippen LogP contribution < -0.4 is 10.6 Å². The zero-order chi connectivity index (χ0) is 11.8. The van der Waals surface area contributed by atoms with Crippen molar-refractivity contribution in [3.05, 3.63) is 0 Å². The van der Waals surface area contributed by atoms with Crippen LogP contribution >= 0.6 is 23.5 Å². The van der Waals surface area contributed by atoms with Gasteiger partial charge in [-0.25, -0.2) is 0 Å². The lowest BCUT2D eigenvalue weighted by atomic mass is 10.2. The molecule has 0 aromatic carbocycles. The molecule has 0 radical (unpaired) electrons. The molecule has 1 aliphatic heterocycles. The van der Waals surface area contributed by atoms with Gasteiger partial charge in [0.05, 0.1) is 6.54 Å². The van der Waals surface area contributed by atoms with Crippen LogP contribution in [-0.4, -0.2) is 47.5 Å². The molecule has 5 heteroatoms. The SMILES string of the molecule is CCC(C)NC(=O)CNCC1CSCCS1. The van der Waals surface area contributed by atoms with Crippen LogP contribution in [0.5, 0.6) is 0 Å². The van der Waals surface area contributed by atoms with E-state index in [0.29, 0.717) is 11.8 Å². The minimum Gasteiger partial charge on any atom is -0.353 e. The maximum Gasteiger partial charge on any atom is 0.234 e. The molecule has 1 rings (SSSR count). The number of hydrogen-bond acceptors (Lipinski definition) is 4. The first-order valence-corrected chi connectivity index (χ1v) is 8.12. The van der Waals surface area contributed by atoms with Gasteiger partial charge in [0.25, 0.3) is 0 Å². The lowest BCUT2D eigenvalue weighted by Gasteiger charge is -2.21.